The molecule has 1 aromatic carbocycles. The largest absolute Gasteiger partial charge is 0.356 e. The summed E-state index contributed by atoms with van der Waals surface area (Å²) in [6, 6.07) is 10.2. The molecule has 1 amide bonds. The van der Waals surface area contributed by atoms with Gasteiger partial charge in [-0.1, -0.05) is 37.6 Å². The fourth-order valence-corrected chi connectivity index (χ4v) is 3.84. The van der Waals surface area contributed by atoms with Crippen LogP contribution in [0.2, 0.25) is 0 Å². The van der Waals surface area contributed by atoms with Gasteiger partial charge in [-0.3, -0.25) is 4.79 Å². The third kappa shape index (κ3) is 5.76. The lowest BCUT2D eigenvalue weighted by molar-refractivity contribution is -0.125. The lowest BCUT2D eigenvalue weighted by atomic mass is 9.96. The molecule has 1 saturated heterocycles. The molecule has 0 aliphatic carbocycles. The molecule has 0 radical (unpaired) electrons. The molecule has 1 aliphatic heterocycles. The predicted octanol–water partition coefficient (Wildman–Crippen LogP) is 3.13. The van der Waals surface area contributed by atoms with E-state index >= 15 is 0 Å². The van der Waals surface area contributed by atoms with Crippen LogP contribution in [0.25, 0.3) is 11.4 Å². The number of benzene rings is 1. The fourth-order valence-electron chi connectivity index (χ4n) is 3.84. The summed E-state index contributed by atoms with van der Waals surface area (Å²) in [5.41, 5.74) is 2.23. The summed E-state index contributed by atoms with van der Waals surface area (Å²) in [5, 5.41) is 3.12. The number of aryl methyl sites for hydroxylation is 1. The average molecular weight is 396 g/mol. The Labute approximate surface area is 174 Å². The van der Waals surface area contributed by atoms with Crippen molar-refractivity contribution in [3.8, 4) is 11.4 Å². The van der Waals surface area contributed by atoms with Gasteiger partial charge < -0.3 is 15.1 Å². The summed E-state index contributed by atoms with van der Waals surface area (Å²) in [5.74, 6) is 1.99. The van der Waals surface area contributed by atoms with Gasteiger partial charge in [0, 0.05) is 43.9 Å². The molecule has 156 valence electrons. The average Bonchev–Trinajstić information content (AvgIpc) is 2.77. The van der Waals surface area contributed by atoms with Gasteiger partial charge in [0.25, 0.3) is 0 Å². The van der Waals surface area contributed by atoms with E-state index in [1.807, 2.05) is 24.4 Å². The predicted molar refractivity (Wildman–Crippen MR) is 118 cm³/mol. The Kier molecular flexibility index (Phi) is 7.58. The molecule has 0 saturated carbocycles. The van der Waals surface area contributed by atoms with Crippen LogP contribution in [0.15, 0.2) is 36.5 Å². The van der Waals surface area contributed by atoms with Crippen LogP contribution in [-0.4, -0.2) is 60.0 Å². The van der Waals surface area contributed by atoms with E-state index in [-0.39, 0.29) is 11.8 Å². The van der Waals surface area contributed by atoms with E-state index in [0.717, 1.165) is 69.3 Å². The second-order valence-corrected chi connectivity index (χ2v) is 7.69. The van der Waals surface area contributed by atoms with Gasteiger partial charge in [-0.2, -0.15) is 0 Å². The smallest absolute Gasteiger partial charge is 0.223 e. The maximum absolute atomic E-state index is 12.5. The Morgan fingerprint density at radius 3 is 2.66 bits per heavy atom. The lowest BCUT2D eigenvalue weighted by Gasteiger charge is -2.32. The second kappa shape index (κ2) is 10.3. The summed E-state index contributed by atoms with van der Waals surface area (Å²) < 4.78 is 0. The Hall–Kier alpha value is -2.47. The maximum atomic E-state index is 12.5. The molecule has 0 atom stereocenters. The van der Waals surface area contributed by atoms with E-state index < -0.39 is 0 Å². The van der Waals surface area contributed by atoms with Crippen molar-refractivity contribution in [2.45, 2.75) is 33.6 Å². The van der Waals surface area contributed by atoms with Crippen molar-refractivity contribution in [3.05, 3.63) is 42.1 Å². The first kappa shape index (κ1) is 21.2. The minimum Gasteiger partial charge on any atom is -0.356 e. The van der Waals surface area contributed by atoms with Crippen LogP contribution in [0.4, 0.5) is 5.82 Å². The topological polar surface area (TPSA) is 61.4 Å². The zero-order valence-corrected chi connectivity index (χ0v) is 17.9. The zero-order chi connectivity index (χ0) is 20.6. The van der Waals surface area contributed by atoms with Crippen molar-refractivity contribution in [1.29, 1.82) is 0 Å². The number of carbonyl (C=O) groups is 1. The normalized spacial score (nSPS) is 15.0. The highest BCUT2D eigenvalue weighted by atomic mass is 16.1. The maximum Gasteiger partial charge on any atom is 0.223 e. The van der Waals surface area contributed by atoms with Crippen molar-refractivity contribution in [2.75, 3.05) is 44.2 Å². The minimum atomic E-state index is 0.0982. The minimum absolute atomic E-state index is 0.0982. The molecule has 6 nitrogen and oxygen atoms in total. The van der Waals surface area contributed by atoms with E-state index in [2.05, 4.69) is 53.0 Å². The molecule has 1 aromatic heterocycles. The van der Waals surface area contributed by atoms with E-state index in [4.69, 9.17) is 4.98 Å². The van der Waals surface area contributed by atoms with Crippen LogP contribution in [-0.2, 0) is 4.79 Å². The molecule has 0 bridgehead atoms. The number of piperidine rings is 1. The Balaban J connectivity index is 1.53. The van der Waals surface area contributed by atoms with Crippen LogP contribution in [0.3, 0.4) is 0 Å². The van der Waals surface area contributed by atoms with E-state index in [1.54, 1.807) is 0 Å². The Morgan fingerprint density at radius 1 is 1.21 bits per heavy atom. The molecule has 1 N–H and O–H groups in total. The highest BCUT2D eigenvalue weighted by Crippen LogP contribution is 2.24. The SMILES string of the molecule is CCN(CC)CCNC(=O)C1CCN(c2ccnc(-c3cccc(C)c3)n2)CC1. The van der Waals surface area contributed by atoms with Crippen molar-refractivity contribution in [1.82, 2.24) is 20.2 Å². The van der Waals surface area contributed by atoms with Crippen molar-refractivity contribution in [2.24, 2.45) is 5.92 Å². The van der Waals surface area contributed by atoms with E-state index in [1.165, 1.54) is 5.56 Å². The number of hydrogen-bond donors (Lipinski definition) is 1. The number of carbonyl (C=O) groups excluding carboxylic acids is 1. The zero-order valence-electron chi connectivity index (χ0n) is 17.9. The van der Waals surface area contributed by atoms with Gasteiger partial charge in [-0.15, -0.1) is 0 Å². The van der Waals surface area contributed by atoms with Crippen molar-refractivity contribution in [3.63, 3.8) is 0 Å². The number of rotatable bonds is 8. The number of aromatic nitrogens is 2. The van der Waals surface area contributed by atoms with Gasteiger partial charge in [0.15, 0.2) is 5.82 Å². The van der Waals surface area contributed by atoms with Crippen LogP contribution in [0.5, 0.6) is 0 Å². The van der Waals surface area contributed by atoms with Gasteiger partial charge in [-0.25, -0.2) is 9.97 Å². The highest BCUT2D eigenvalue weighted by Gasteiger charge is 2.25. The van der Waals surface area contributed by atoms with Gasteiger partial charge in [-0.05, 0) is 45.0 Å². The molecular weight excluding hydrogens is 362 g/mol. The van der Waals surface area contributed by atoms with Crippen LogP contribution in [0, 0.1) is 12.8 Å². The first-order valence-corrected chi connectivity index (χ1v) is 10.8. The van der Waals surface area contributed by atoms with Crippen molar-refractivity contribution < 1.29 is 4.79 Å². The molecule has 1 aliphatic rings. The molecule has 2 heterocycles. The highest BCUT2D eigenvalue weighted by molar-refractivity contribution is 5.79. The first-order chi connectivity index (χ1) is 14.1. The number of hydrogen-bond acceptors (Lipinski definition) is 5. The second-order valence-electron chi connectivity index (χ2n) is 7.69. The molecule has 0 spiro atoms. The third-order valence-electron chi connectivity index (χ3n) is 5.73. The summed E-state index contributed by atoms with van der Waals surface area (Å²) in [4.78, 5) is 26.3. The molecule has 3 rings (SSSR count). The van der Waals surface area contributed by atoms with E-state index in [9.17, 15) is 4.79 Å². The third-order valence-corrected chi connectivity index (χ3v) is 5.73. The van der Waals surface area contributed by atoms with Crippen LogP contribution in [0.1, 0.15) is 32.3 Å². The van der Waals surface area contributed by atoms with Crippen LogP contribution >= 0.6 is 0 Å². The summed E-state index contributed by atoms with van der Waals surface area (Å²) in [6.07, 6.45) is 3.55. The first-order valence-electron chi connectivity index (χ1n) is 10.8. The number of likely N-dealkylation sites (N-methyl/N-ethyl adjacent to an activating group) is 1. The molecule has 0 unspecified atom stereocenters. The van der Waals surface area contributed by atoms with Gasteiger partial charge >= 0.3 is 0 Å². The Morgan fingerprint density at radius 2 is 1.97 bits per heavy atom. The molecule has 6 heteroatoms. The van der Waals surface area contributed by atoms with Crippen LogP contribution < -0.4 is 10.2 Å². The number of anilines is 1. The van der Waals surface area contributed by atoms with Gasteiger partial charge in [0.2, 0.25) is 5.91 Å². The van der Waals surface area contributed by atoms with E-state index in [0.29, 0.717) is 0 Å². The molecule has 29 heavy (non-hydrogen) atoms. The fraction of sp³-hybridized carbons (Fsp3) is 0.522. The summed E-state index contributed by atoms with van der Waals surface area (Å²) in [7, 11) is 0. The molecule has 1 fully saturated rings. The number of amides is 1. The standard InChI is InChI=1S/C23H33N5O/c1-4-27(5-2)16-13-25-23(29)19-10-14-28(15-11-19)21-9-12-24-22(26-21)20-8-6-7-18(3)17-20/h6-9,12,17,19H,4-5,10-11,13-16H2,1-3H3,(H,25,29). The molecule has 2 aromatic rings. The quantitative estimate of drug-likeness (QED) is 0.744. The van der Waals surface area contributed by atoms with Gasteiger partial charge in [0.05, 0.1) is 0 Å². The number of nitrogens with one attached hydrogen (secondary N) is 1. The monoisotopic (exact) mass is 395 g/mol. The summed E-state index contributed by atoms with van der Waals surface area (Å²) >= 11 is 0. The Bertz CT molecular complexity index is 797. The van der Waals surface area contributed by atoms with Gasteiger partial charge in [0.1, 0.15) is 5.82 Å². The lowest BCUT2D eigenvalue weighted by Crippen LogP contribution is -2.42. The molecular formula is C23H33N5O. The number of nitrogens with zero attached hydrogens (tertiary/aromatic N) is 4. The summed E-state index contributed by atoms with van der Waals surface area (Å²) in [6.45, 7) is 11.8. The van der Waals surface area contributed by atoms with Crippen molar-refractivity contribution >= 4 is 11.7 Å².